The molecule has 182 valence electrons. The number of alkyl halides is 2. The van der Waals surface area contributed by atoms with Crippen LogP contribution in [0.25, 0.3) is 21.9 Å². The molecule has 2 aliphatic rings. The fourth-order valence-electron chi connectivity index (χ4n) is 3.59. The summed E-state index contributed by atoms with van der Waals surface area (Å²) in [4.78, 5) is 12.8. The number of fused-ring (bicyclic) bond motifs is 1. The number of hydrogen-bond acceptors (Lipinski definition) is 8. The minimum absolute atomic E-state index is 0.0976. The first-order chi connectivity index (χ1) is 16.2. The third kappa shape index (κ3) is 4.99. The second-order valence-electron chi connectivity index (χ2n) is 8.13. The summed E-state index contributed by atoms with van der Waals surface area (Å²) >= 11 is 0.743. The summed E-state index contributed by atoms with van der Waals surface area (Å²) < 4.78 is 56.6. The van der Waals surface area contributed by atoms with Crippen LogP contribution in [0.2, 0.25) is 0 Å². The minimum atomic E-state index is -3.79. The lowest BCUT2D eigenvalue weighted by Crippen LogP contribution is -2.34. The maximum Gasteiger partial charge on any atom is 0.291 e. The van der Waals surface area contributed by atoms with Gasteiger partial charge in [-0.15, -0.1) is 10.2 Å². The van der Waals surface area contributed by atoms with Crippen LogP contribution in [0.15, 0.2) is 29.4 Å². The number of imidazole rings is 1. The van der Waals surface area contributed by atoms with E-state index in [0.29, 0.717) is 12.1 Å². The molecule has 0 atom stereocenters. The Hall–Kier alpha value is -2.81. The average molecular weight is 513 g/mol. The van der Waals surface area contributed by atoms with Gasteiger partial charge in [-0.2, -0.15) is 0 Å². The van der Waals surface area contributed by atoms with Gasteiger partial charge >= 0.3 is 0 Å². The number of carbonyl (C=O) groups is 1. The Morgan fingerprint density at radius 2 is 2.09 bits per heavy atom. The third-order valence-electron chi connectivity index (χ3n) is 5.54. The number of nitrogens with one attached hydrogen (secondary N) is 2. The highest BCUT2D eigenvalue weighted by atomic mass is 32.2. The molecule has 3 aromatic heterocycles. The van der Waals surface area contributed by atoms with Crippen LogP contribution >= 0.6 is 11.3 Å². The van der Waals surface area contributed by atoms with Gasteiger partial charge in [0.05, 0.1) is 16.6 Å². The predicted octanol–water partition coefficient (Wildman–Crippen LogP) is 2.70. The van der Waals surface area contributed by atoms with E-state index in [-0.39, 0.29) is 22.2 Å². The van der Waals surface area contributed by atoms with Gasteiger partial charge in [0.25, 0.3) is 12.9 Å². The molecule has 3 aromatic rings. The van der Waals surface area contributed by atoms with E-state index < -0.39 is 27.0 Å². The van der Waals surface area contributed by atoms with Crippen LogP contribution < -0.4 is 10.0 Å². The number of carboxylic acid groups (broad SMARTS) is 1. The Morgan fingerprint density at radius 3 is 2.68 bits per heavy atom. The van der Waals surface area contributed by atoms with Crippen molar-refractivity contribution < 1.29 is 27.1 Å². The number of halogens is 2. The molecule has 10 nitrogen and oxygen atoms in total. The van der Waals surface area contributed by atoms with Gasteiger partial charge in [-0.05, 0) is 44.4 Å². The molecule has 1 aliphatic carbocycles. The van der Waals surface area contributed by atoms with Crippen molar-refractivity contribution in [1.29, 1.82) is 0 Å². The van der Waals surface area contributed by atoms with E-state index in [1.54, 1.807) is 16.7 Å². The summed E-state index contributed by atoms with van der Waals surface area (Å²) in [5.74, 6) is 0.282. The normalized spacial score (nSPS) is 17.2. The van der Waals surface area contributed by atoms with Gasteiger partial charge in [-0.3, -0.25) is 9.20 Å². The van der Waals surface area contributed by atoms with Gasteiger partial charge in [-0.1, -0.05) is 17.4 Å². The molecule has 1 saturated carbocycles. The van der Waals surface area contributed by atoms with Gasteiger partial charge < -0.3 is 10.4 Å². The van der Waals surface area contributed by atoms with Crippen LogP contribution in [0.5, 0.6) is 0 Å². The number of sulfonamides is 1. The standard InChI is InChI=1S/C19H20F2N6O2S2.CH2O2/c1-19(4-5-19)26-31(28,29)12-8-13(11-2-6-22-7-3-11)14-9-23-16(27(14)10-12)18-25-24-17(30-18)15(20)21;2-1-3/h2,8-10,15,22,26H,3-7H2,1H3;1H,(H,2,3). The zero-order valence-electron chi connectivity index (χ0n) is 18.0. The van der Waals surface area contributed by atoms with Crippen molar-refractivity contribution in [2.24, 2.45) is 0 Å². The van der Waals surface area contributed by atoms with Gasteiger partial charge in [0.2, 0.25) is 10.0 Å². The molecule has 1 fully saturated rings. The molecular formula is C20H22F2N6O4S2. The fourth-order valence-corrected chi connectivity index (χ4v) is 5.77. The summed E-state index contributed by atoms with van der Waals surface area (Å²) in [5.41, 5.74) is 2.03. The van der Waals surface area contributed by atoms with Crippen molar-refractivity contribution in [2.75, 3.05) is 13.1 Å². The van der Waals surface area contributed by atoms with Crippen LogP contribution in [0.3, 0.4) is 0 Å². The summed E-state index contributed by atoms with van der Waals surface area (Å²) in [6.45, 7) is 3.08. The Kier molecular flexibility index (Phi) is 6.75. The van der Waals surface area contributed by atoms with Gasteiger partial charge in [0, 0.05) is 23.8 Å². The molecule has 14 heteroatoms. The van der Waals surface area contributed by atoms with E-state index in [9.17, 15) is 17.2 Å². The highest BCUT2D eigenvalue weighted by Crippen LogP contribution is 2.37. The first kappa shape index (κ1) is 24.3. The van der Waals surface area contributed by atoms with Crippen molar-refractivity contribution in [3.8, 4) is 10.8 Å². The monoisotopic (exact) mass is 512 g/mol. The molecule has 0 unspecified atom stereocenters. The molecule has 0 bridgehead atoms. The lowest BCUT2D eigenvalue weighted by atomic mass is 10.0. The van der Waals surface area contributed by atoms with E-state index in [1.807, 2.05) is 13.0 Å². The Bertz CT molecular complexity index is 1350. The molecule has 0 amide bonds. The van der Waals surface area contributed by atoms with E-state index >= 15 is 0 Å². The van der Waals surface area contributed by atoms with Crippen molar-refractivity contribution in [2.45, 2.75) is 43.0 Å². The third-order valence-corrected chi connectivity index (χ3v) is 8.07. The van der Waals surface area contributed by atoms with Gasteiger partial charge in [0.15, 0.2) is 15.8 Å². The molecular weight excluding hydrogens is 490 g/mol. The smallest absolute Gasteiger partial charge is 0.291 e. The zero-order valence-corrected chi connectivity index (χ0v) is 19.7. The second kappa shape index (κ2) is 9.44. The van der Waals surface area contributed by atoms with Crippen molar-refractivity contribution in [1.82, 2.24) is 29.6 Å². The van der Waals surface area contributed by atoms with E-state index in [4.69, 9.17) is 9.90 Å². The van der Waals surface area contributed by atoms with Gasteiger partial charge in [0.1, 0.15) is 0 Å². The lowest BCUT2D eigenvalue weighted by Gasteiger charge is -2.18. The van der Waals surface area contributed by atoms with Crippen LogP contribution in [0.1, 0.15) is 43.2 Å². The molecule has 1 aliphatic heterocycles. The summed E-state index contributed by atoms with van der Waals surface area (Å²) in [6.07, 6.45) is 4.69. The lowest BCUT2D eigenvalue weighted by molar-refractivity contribution is -0.122. The number of aromatic nitrogens is 4. The second-order valence-corrected chi connectivity index (χ2v) is 10.8. The first-order valence-electron chi connectivity index (χ1n) is 10.3. The first-order valence-corrected chi connectivity index (χ1v) is 12.6. The maximum atomic E-state index is 13.1. The number of nitrogens with zero attached hydrogens (tertiary/aromatic N) is 4. The number of rotatable bonds is 6. The number of hydrogen-bond donors (Lipinski definition) is 3. The Balaban J connectivity index is 0.000000868. The Morgan fingerprint density at radius 1 is 1.35 bits per heavy atom. The van der Waals surface area contributed by atoms with Gasteiger partial charge in [-0.25, -0.2) is 26.9 Å². The molecule has 5 rings (SSSR count). The van der Waals surface area contributed by atoms with Crippen molar-refractivity contribution in [3.05, 3.63) is 35.1 Å². The molecule has 34 heavy (non-hydrogen) atoms. The van der Waals surface area contributed by atoms with Crippen LogP contribution in [0.4, 0.5) is 8.78 Å². The molecule has 3 N–H and O–H groups in total. The highest BCUT2D eigenvalue weighted by Gasteiger charge is 2.41. The molecule has 0 spiro atoms. The van der Waals surface area contributed by atoms with Crippen molar-refractivity contribution >= 4 is 38.9 Å². The Labute approximate surface area is 197 Å². The quantitative estimate of drug-likeness (QED) is 0.429. The fraction of sp³-hybridized carbons (Fsp3) is 0.400. The minimum Gasteiger partial charge on any atom is -0.483 e. The van der Waals surface area contributed by atoms with Crippen molar-refractivity contribution in [3.63, 3.8) is 0 Å². The SMILES string of the molecule is CC1(NS(=O)(=O)c2cc(C3=CCNCC3)c3cnc(-c4nnc(C(F)F)s4)n3c2)CC1.O=CO. The van der Waals surface area contributed by atoms with Crippen LogP contribution in [0, 0.1) is 0 Å². The van der Waals surface area contributed by atoms with Crippen LogP contribution in [-0.2, 0) is 14.8 Å². The average Bonchev–Trinajstić information content (AvgIpc) is 3.19. The summed E-state index contributed by atoms with van der Waals surface area (Å²) in [5, 5.41) is 17.3. The molecule has 0 aromatic carbocycles. The summed E-state index contributed by atoms with van der Waals surface area (Å²) in [7, 11) is -3.79. The zero-order chi connectivity index (χ0) is 24.5. The highest BCUT2D eigenvalue weighted by molar-refractivity contribution is 7.89. The topological polar surface area (TPSA) is 139 Å². The van der Waals surface area contributed by atoms with Crippen LogP contribution in [-0.4, -0.2) is 58.2 Å². The van der Waals surface area contributed by atoms with E-state index in [0.717, 1.165) is 48.3 Å². The summed E-state index contributed by atoms with van der Waals surface area (Å²) in [6, 6.07) is 1.66. The maximum absolute atomic E-state index is 13.1. The largest absolute Gasteiger partial charge is 0.483 e. The molecule has 0 saturated heterocycles. The molecule has 0 radical (unpaired) electrons. The van der Waals surface area contributed by atoms with E-state index in [1.165, 1.54) is 6.20 Å². The molecule has 4 heterocycles. The number of pyridine rings is 1. The predicted molar refractivity (Wildman–Crippen MR) is 121 cm³/mol. The van der Waals surface area contributed by atoms with E-state index in [2.05, 4.69) is 25.2 Å².